The van der Waals surface area contributed by atoms with Crippen LogP contribution in [0.4, 0.5) is 5.95 Å². The van der Waals surface area contributed by atoms with Crippen molar-refractivity contribution in [3.63, 3.8) is 0 Å². The first-order valence-electron chi connectivity index (χ1n) is 8.45. The maximum Gasteiger partial charge on any atom is 0.225 e. The van der Waals surface area contributed by atoms with Gasteiger partial charge in [0.25, 0.3) is 0 Å². The second kappa shape index (κ2) is 7.59. The lowest BCUT2D eigenvalue weighted by Crippen LogP contribution is -2.54. The summed E-state index contributed by atoms with van der Waals surface area (Å²) >= 11 is 0. The molecule has 2 aliphatic rings. The fourth-order valence-corrected chi connectivity index (χ4v) is 3.35. The Balaban J connectivity index is 1.49. The number of hydrogen-bond acceptors (Lipinski definition) is 5. The van der Waals surface area contributed by atoms with Gasteiger partial charge in [0.15, 0.2) is 5.96 Å². The maximum atomic E-state index is 4.46. The molecule has 0 bridgehead atoms. The number of guanidine groups is 1. The molecule has 0 aliphatic carbocycles. The SMILES string of the molecule is CN=C(NCC1CCCN1C)N1CCN(c2ncccn2)CC1. The van der Waals surface area contributed by atoms with Gasteiger partial charge >= 0.3 is 0 Å². The maximum absolute atomic E-state index is 4.46. The fourth-order valence-electron chi connectivity index (χ4n) is 3.35. The number of aliphatic imine (C=N–C) groups is 1. The molecule has 0 spiro atoms. The highest BCUT2D eigenvalue weighted by Gasteiger charge is 2.24. The van der Waals surface area contributed by atoms with Crippen LogP contribution in [0.15, 0.2) is 23.5 Å². The Hall–Kier alpha value is -1.89. The van der Waals surface area contributed by atoms with E-state index < -0.39 is 0 Å². The zero-order valence-electron chi connectivity index (χ0n) is 14.1. The molecule has 2 saturated heterocycles. The average Bonchev–Trinajstić information content (AvgIpc) is 3.02. The van der Waals surface area contributed by atoms with Gasteiger partial charge in [-0.05, 0) is 32.5 Å². The molecule has 7 heteroatoms. The molecule has 1 N–H and O–H groups in total. The Morgan fingerprint density at radius 1 is 1.22 bits per heavy atom. The second-order valence-corrected chi connectivity index (χ2v) is 6.23. The van der Waals surface area contributed by atoms with E-state index in [0.717, 1.165) is 44.6 Å². The summed E-state index contributed by atoms with van der Waals surface area (Å²) in [7, 11) is 4.08. The van der Waals surface area contributed by atoms with Gasteiger partial charge in [0.2, 0.25) is 5.95 Å². The lowest BCUT2D eigenvalue weighted by molar-refractivity contribution is 0.303. The van der Waals surface area contributed by atoms with Gasteiger partial charge in [-0.25, -0.2) is 9.97 Å². The highest BCUT2D eigenvalue weighted by atomic mass is 15.4. The number of anilines is 1. The molecule has 1 atom stereocenters. The van der Waals surface area contributed by atoms with Gasteiger partial charge < -0.3 is 20.0 Å². The van der Waals surface area contributed by atoms with Crippen LogP contribution in [0.2, 0.25) is 0 Å². The second-order valence-electron chi connectivity index (χ2n) is 6.23. The number of hydrogen-bond donors (Lipinski definition) is 1. The largest absolute Gasteiger partial charge is 0.355 e. The van der Waals surface area contributed by atoms with Crippen molar-refractivity contribution in [2.45, 2.75) is 18.9 Å². The molecule has 0 aromatic carbocycles. The van der Waals surface area contributed by atoms with Gasteiger partial charge in [0, 0.05) is 58.2 Å². The van der Waals surface area contributed by atoms with Gasteiger partial charge in [-0.1, -0.05) is 0 Å². The highest BCUT2D eigenvalue weighted by molar-refractivity contribution is 5.80. The van der Waals surface area contributed by atoms with E-state index in [9.17, 15) is 0 Å². The first kappa shape index (κ1) is 16.0. The predicted octanol–water partition coefficient (Wildman–Crippen LogP) is 0.268. The Labute approximate surface area is 138 Å². The van der Waals surface area contributed by atoms with Crippen LogP contribution in [0.1, 0.15) is 12.8 Å². The van der Waals surface area contributed by atoms with E-state index in [1.807, 2.05) is 13.1 Å². The van der Waals surface area contributed by atoms with E-state index in [-0.39, 0.29) is 0 Å². The number of likely N-dealkylation sites (N-methyl/N-ethyl adjacent to an activating group) is 1. The zero-order valence-corrected chi connectivity index (χ0v) is 14.1. The highest BCUT2D eigenvalue weighted by Crippen LogP contribution is 2.14. The third-order valence-corrected chi connectivity index (χ3v) is 4.79. The fraction of sp³-hybridized carbons (Fsp3) is 0.688. The standard InChI is InChI=1S/C16H27N7/c1-17-15(20-13-14-5-3-8-21(14)2)22-9-11-23(12-10-22)16-18-6-4-7-19-16/h4,6-7,14H,3,5,8-13H2,1-2H3,(H,17,20). The monoisotopic (exact) mass is 317 g/mol. The number of aromatic nitrogens is 2. The van der Waals surface area contributed by atoms with E-state index in [1.54, 1.807) is 12.4 Å². The van der Waals surface area contributed by atoms with Crippen molar-refractivity contribution >= 4 is 11.9 Å². The smallest absolute Gasteiger partial charge is 0.225 e. The van der Waals surface area contributed by atoms with Crippen LogP contribution in [-0.4, -0.2) is 85.1 Å². The number of nitrogens with one attached hydrogen (secondary N) is 1. The quantitative estimate of drug-likeness (QED) is 0.638. The average molecular weight is 317 g/mol. The van der Waals surface area contributed by atoms with E-state index in [4.69, 9.17) is 0 Å². The summed E-state index contributed by atoms with van der Waals surface area (Å²) in [5, 5.41) is 3.55. The normalized spacial score (nSPS) is 23.4. The van der Waals surface area contributed by atoms with Crippen molar-refractivity contribution in [2.75, 3.05) is 58.3 Å². The zero-order chi connectivity index (χ0) is 16.1. The lowest BCUT2D eigenvalue weighted by Gasteiger charge is -2.36. The van der Waals surface area contributed by atoms with Crippen LogP contribution in [0.5, 0.6) is 0 Å². The molecule has 0 radical (unpaired) electrons. The van der Waals surface area contributed by atoms with Crippen LogP contribution in [-0.2, 0) is 0 Å². The molecular weight excluding hydrogens is 290 g/mol. The molecule has 1 aromatic heterocycles. The van der Waals surface area contributed by atoms with Crippen molar-refractivity contribution in [1.82, 2.24) is 25.1 Å². The summed E-state index contributed by atoms with van der Waals surface area (Å²) in [6, 6.07) is 2.48. The number of piperazine rings is 1. The van der Waals surface area contributed by atoms with Gasteiger partial charge in [-0.2, -0.15) is 0 Å². The molecule has 3 heterocycles. The van der Waals surface area contributed by atoms with Crippen LogP contribution in [0.3, 0.4) is 0 Å². The van der Waals surface area contributed by atoms with Crippen LogP contribution in [0, 0.1) is 0 Å². The van der Waals surface area contributed by atoms with E-state index in [1.165, 1.54) is 19.4 Å². The first-order valence-corrected chi connectivity index (χ1v) is 8.45. The summed E-state index contributed by atoms with van der Waals surface area (Å²) in [5.41, 5.74) is 0. The van der Waals surface area contributed by atoms with Crippen molar-refractivity contribution in [3.8, 4) is 0 Å². The summed E-state index contributed by atoms with van der Waals surface area (Å²) in [4.78, 5) is 20.1. The molecule has 1 aromatic rings. The van der Waals surface area contributed by atoms with Gasteiger partial charge in [-0.3, -0.25) is 4.99 Å². The Morgan fingerprint density at radius 3 is 2.57 bits per heavy atom. The van der Waals surface area contributed by atoms with Gasteiger partial charge in [0.1, 0.15) is 0 Å². The molecule has 7 nitrogen and oxygen atoms in total. The number of nitrogens with zero attached hydrogens (tertiary/aromatic N) is 6. The van der Waals surface area contributed by atoms with Crippen molar-refractivity contribution in [2.24, 2.45) is 4.99 Å². The number of rotatable bonds is 3. The minimum Gasteiger partial charge on any atom is -0.355 e. The summed E-state index contributed by atoms with van der Waals surface area (Å²) in [6.07, 6.45) is 6.18. The van der Waals surface area contributed by atoms with E-state index in [2.05, 4.69) is 42.0 Å². The van der Waals surface area contributed by atoms with Gasteiger partial charge in [0.05, 0.1) is 0 Å². The first-order chi connectivity index (χ1) is 11.3. The lowest BCUT2D eigenvalue weighted by atomic mass is 10.2. The molecule has 3 rings (SSSR count). The minimum atomic E-state index is 0.630. The molecule has 0 saturated carbocycles. The topological polar surface area (TPSA) is 59.9 Å². The third-order valence-electron chi connectivity index (χ3n) is 4.79. The molecular formula is C16H27N7. The van der Waals surface area contributed by atoms with Crippen molar-refractivity contribution in [3.05, 3.63) is 18.5 Å². The molecule has 126 valence electrons. The van der Waals surface area contributed by atoms with E-state index in [0.29, 0.717) is 6.04 Å². The predicted molar refractivity (Wildman–Crippen MR) is 92.8 cm³/mol. The third kappa shape index (κ3) is 3.90. The molecule has 0 amide bonds. The Morgan fingerprint density at radius 2 is 1.96 bits per heavy atom. The Kier molecular flexibility index (Phi) is 5.27. The molecule has 23 heavy (non-hydrogen) atoms. The van der Waals surface area contributed by atoms with Crippen LogP contribution in [0.25, 0.3) is 0 Å². The van der Waals surface area contributed by atoms with Crippen molar-refractivity contribution in [1.29, 1.82) is 0 Å². The molecule has 1 unspecified atom stereocenters. The van der Waals surface area contributed by atoms with E-state index >= 15 is 0 Å². The van der Waals surface area contributed by atoms with Crippen molar-refractivity contribution < 1.29 is 0 Å². The summed E-state index contributed by atoms with van der Waals surface area (Å²) in [6.45, 7) is 5.92. The van der Waals surface area contributed by atoms with Gasteiger partial charge in [-0.15, -0.1) is 0 Å². The summed E-state index contributed by atoms with van der Waals surface area (Å²) in [5.74, 6) is 1.83. The summed E-state index contributed by atoms with van der Waals surface area (Å²) < 4.78 is 0. The number of likely N-dealkylation sites (tertiary alicyclic amines) is 1. The van der Waals surface area contributed by atoms with Crippen LogP contribution >= 0.6 is 0 Å². The van der Waals surface area contributed by atoms with Crippen LogP contribution < -0.4 is 10.2 Å². The Bertz CT molecular complexity index is 510. The molecule has 2 fully saturated rings. The molecule has 2 aliphatic heterocycles. The minimum absolute atomic E-state index is 0.630.